The summed E-state index contributed by atoms with van der Waals surface area (Å²) in [5.41, 5.74) is -0.567. The van der Waals surface area contributed by atoms with Crippen molar-refractivity contribution in [3.63, 3.8) is 0 Å². The highest BCUT2D eigenvalue weighted by Crippen LogP contribution is 2.34. The molecule has 2 saturated heterocycles. The van der Waals surface area contributed by atoms with Gasteiger partial charge in [-0.3, -0.25) is 4.79 Å². The maximum absolute atomic E-state index is 13.8. The number of carbonyl (C=O) groups is 1. The first-order valence-electron chi connectivity index (χ1n) is 8.76. The highest BCUT2D eigenvalue weighted by atomic mass is 19.1. The number of ether oxygens (including phenoxy) is 1. The number of rotatable bonds is 3. The first kappa shape index (κ1) is 17.8. The predicted octanol–water partition coefficient (Wildman–Crippen LogP) is 3.07. The quantitative estimate of drug-likeness (QED) is 0.844. The molecule has 134 valence electrons. The molecule has 4 nitrogen and oxygen atoms in total. The number of amides is 1. The summed E-state index contributed by atoms with van der Waals surface area (Å²) in [7, 11) is 0. The van der Waals surface area contributed by atoms with Gasteiger partial charge in [-0.05, 0) is 61.8 Å². The molecule has 2 fully saturated rings. The van der Waals surface area contributed by atoms with Crippen LogP contribution in [0.2, 0.25) is 0 Å². The van der Waals surface area contributed by atoms with Crippen molar-refractivity contribution in [3.05, 3.63) is 35.4 Å². The van der Waals surface area contributed by atoms with Crippen LogP contribution in [0.4, 0.5) is 8.78 Å². The Morgan fingerprint density at radius 2 is 1.96 bits per heavy atom. The summed E-state index contributed by atoms with van der Waals surface area (Å²) < 4.78 is 32.4. The molecule has 0 unspecified atom stereocenters. The Morgan fingerprint density at radius 3 is 2.60 bits per heavy atom. The number of hydrogen-bond acceptors (Lipinski definition) is 3. The monoisotopic (exact) mass is 348 g/mol. The minimum atomic E-state index is -0.959. The van der Waals surface area contributed by atoms with Crippen molar-refractivity contribution < 1.29 is 18.3 Å². The fourth-order valence-electron chi connectivity index (χ4n) is 3.75. The molecule has 6 heteroatoms. The fraction of sp³-hybridized carbons (Fsp3) is 0.579. The van der Waals surface area contributed by atoms with Gasteiger partial charge in [0.1, 0.15) is 17.0 Å². The molecule has 2 aliphatic heterocycles. The van der Waals surface area contributed by atoms with E-state index in [0.717, 1.165) is 25.0 Å². The molecular weight excluding hydrogens is 326 g/mol. The predicted molar refractivity (Wildman–Crippen MR) is 87.5 cm³/mol. The normalized spacial score (nSPS) is 20.9. The van der Waals surface area contributed by atoms with Gasteiger partial charge in [0.25, 0.3) is 0 Å². The number of likely N-dealkylation sites (tertiary alicyclic amines) is 1. The maximum Gasteiger partial charge on any atom is 0.243 e. The lowest BCUT2D eigenvalue weighted by Crippen LogP contribution is -2.49. The summed E-state index contributed by atoms with van der Waals surface area (Å²) in [5, 5.41) is 9.52. The van der Waals surface area contributed by atoms with Crippen molar-refractivity contribution in [1.82, 2.24) is 4.90 Å². The average molecular weight is 348 g/mol. The molecule has 25 heavy (non-hydrogen) atoms. The topological polar surface area (TPSA) is 53.3 Å². The van der Waals surface area contributed by atoms with Crippen LogP contribution in [0.5, 0.6) is 0 Å². The van der Waals surface area contributed by atoms with Crippen molar-refractivity contribution in [3.8, 4) is 6.07 Å². The molecule has 1 aromatic carbocycles. The number of hydrogen-bond donors (Lipinski definition) is 0. The van der Waals surface area contributed by atoms with Crippen LogP contribution < -0.4 is 0 Å². The lowest BCUT2D eigenvalue weighted by Gasteiger charge is -2.38. The van der Waals surface area contributed by atoms with Gasteiger partial charge in [-0.25, -0.2) is 8.78 Å². The number of benzene rings is 1. The molecule has 0 N–H and O–H groups in total. The SMILES string of the molecule is N#CC1(C(=O)N2CCC(Cc3cc(F)ccc3F)CC2)CCOCC1. The number of piperidine rings is 1. The van der Waals surface area contributed by atoms with E-state index in [4.69, 9.17) is 4.74 Å². The molecule has 0 bridgehead atoms. The molecule has 0 spiro atoms. The molecule has 0 saturated carbocycles. The van der Waals surface area contributed by atoms with E-state index in [2.05, 4.69) is 6.07 Å². The molecule has 2 aliphatic rings. The molecule has 1 aromatic rings. The Labute approximate surface area is 146 Å². The molecule has 1 amide bonds. The fourth-order valence-corrected chi connectivity index (χ4v) is 3.75. The third-order valence-corrected chi connectivity index (χ3v) is 5.39. The summed E-state index contributed by atoms with van der Waals surface area (Å²) in [5.74, 6) is -0.702. The molecular formula is C19H22F2N2O2. The van der Waals surface area contributed by atoms with Gasteiger partial charge >= 0.3 is 0 Å². The van der Waals surface area contributed by atoms with Gasteiger partial charge < -0.3 is 9.64 Å². The van der Waals surface area contributed by atoms with E-state index < -0.39 is 11.2 Å². The van der Waals surface area contributed by atoms with Crippen LogP contribution in [-0.4, -0.2) is 37.1 Å². The van der Waals surface area contributed by atoms with Gasteiger partial charge in [0.2, 0.25) is 5.91 Å². The first-order valence-corrected chi connectivity index (χ1v) is 8.76. The molecule has 0 atom stereocenters. The van der Waals surface area contributed by atoms with Crippen LogP contribution in [-0.2, 0) is 16.0 Å². The number of carbonyl (C=O) groups excluding carboxylic acids is 1. The van der Waals surface area contributed by atoms with Gasteiger partial charge in [-0.1, -0.05) is 0 Å². The third-order valence-electron chi connectivity index (χ3n) is 5.39. The lowest BCUT2D eigenvalue weighted by molar-refractivity contribution is -0.144. The Bertz CT molecular complexity index is 672. The van der Waals surface area contributed by atoms with Gasteiger partial charge in [0, 0.05) is 26.3 Å². The smallest absolute Gasteiger partial charge is 0.243 e. The van der Waals surface area contributed by atoms with Crippen LogP contribution in [0.1, 0.15) is 31.2 Å². The zero-order valence-electron chi connectivity index (χ0n) is 14.1. The standard InChI is InChI=1S/C19H22F2N2O2/c20-16-1-2-17(21)15(12-16)11-14-3-7-23(8-4-14)18(24)19(13-22)5-9-25-10-6-19/h1-2,12,14H,3-11H2. The van der Waals surface area contributed by atoms with Crippen molar-refractivity contribution in [2.75, 3.05) is 26.3 Å². The minimum Gasteiger partial charge on any atom is -0.381 e. The van der Waals surface area contributed by atoms with Crippen LogP contribution in [0.25, 0.3) is 0 Å². The Hall–Kier alpha value is -2.00. The van der Waals surface area contributed by atoms with Crippen molar-refractivity contribution in [1.29, 1.82) is 5.26 Å². The average Bonchev–Trinajstić information content (AvgIpc) is 2.65. The molecule has 0 aliphatic carbocycles. The zero-order chi connectivity index (χ0) is 17.9. The molecule has 3 rings (SSSR count). The molecule has 0 aromatic heterocycles. The van der Waals surface area contributed by atoms with Crippen molar-refractivity contribution >= 4 is 5.91 Å². The van der Waals surface area contributed by atoms with E-state index in [-0.39, 0.29) is 17.6 Å². The van der Waals surface area contributed by atoms with E-state index in [1.54, 1.807) is 4.90 Å². The largest absolute Gasteiger partial charge is 0.381 e. The highest BCUT2D eigenvalue weighted by Gasteiger charge is 2.43. The minimum absolute atomic E-state index is 0.103. The lowest BCUT2D eigenvalue weighted by atomic mass is 9.79. The van der Waals surface area contributed by atoms with Crippen LogP contribution in [0.3, 0.4) is 0 Å². The van der Waals surface area contributed by atoms with E-state index in [1.807, 2.05) is 0 Å². The van der Waals surface area contributed by atoms with Gasteiger partial charge in [0.05, 0.1) is 6.07 Å². The van der Waals surface area contributed by atoms with E-state index in [0.29, 0.717) is 51.1 Å². The van der Waals surface area contributed by atoms with Crippen molar-refractivity contribution in [2.45, 2.75) is 32.1 Å². The third kappa shape index (κ3) is 3.82. The number of nitriles is 1. The number of nitrogens with zero attached hydrogens (tertiary/aromatic N) is 2. The summed E-state index contributed by atoms with van der Waals surface area (Å²) in [6.07, 6.45) is 2.83. The maximum atomic E-state index is 13.8. The zero-order valence-corrected chi connectivity index (χ0v) is 14.1. The summed E-state index contributed by atoms with van der Waals surface area (Å²) >= 11 is 0. The Kier molecular flexibility index (Phi) is 5.33. The Balaban J connectivity index is 1.59. The molecule has 0 radical (unpaired) electrons. The summed E-state index contributed by atoms with van der Waals surface area (Å²) in [6.45, 7) is 2.00. The summed E-state index contributed by atoms with van der Waals surface area (Å²) in [6, 6.07) is 5.74. The first-order chi connectivity index (χ1) is 12.0. The number of halogens is 2. The second-order valence-electron chi connectivity index (χ2n) is 6.98. The van der Waals surface area contributed by atoms with Crippen LogP contribution >= 0.6 is 0 Å². The second kappa shape index (κ2) is 7.49. The van der Waals surface area contributed by atoms with Crippen LogP contribution in [0, 0.1) is 34.3 Å². The van der Waals surface area contributed by atoms with Gasteiger partial charge in [0.15, 0.2) is 0 Å². The van der Waals surface area contributed by atoms with Crippen molar-refractivity contribution in [2.24, 2.45) is 11.3 Å². The van der Waals surface area contributed by atoms with E-state index in [1.165, 1.54) is 6.07 Å². The van der Waals surface area contributed by atoms with Gasteiger partial charge in [-0.15, -0.1) is 0 Å². The van der Waals surface area contributed by atoms with Crippen LogP contribution in [0.15, 0.2) is 18.2 Å². The summed E-state index contributed by atoms with van der Waals surface area (Å²) in [4.78, 5) is 14.6. The second-order valence-corrected chi connectivity index (χ2v) is 6.98. The van der Waals surface area contributed by atoms with E-state index >= 15 is 0 Å². The Morgan fingerprint density at radius 1 is 1.28 bits per heavy atom. The highest BCUT2D eigenvalue weighted by molar-refractivity contribution is 5.85. The van der Waals surface area contributed by atoms with Gasteiger partial charge in [-0.2, -0.15) is 5.26 Å². The van der Waals surface area contributed by atoms with E-state index in [9.17, 15) is 18.8 Å². The molecule has 2 heterocycles.